The minimum Gasteiger partial charge on any atom is -0.507 e. The molecule has 1 unspecified atom stereocenters. The van der Waals surface area contributed by atoms with Crippen molar-refractivity contribution in [3.8, 4) is 28.4 Å². The molecule has 5 heteroatoms. The molecule has 3 nitrogen and oxygen atoms in total. The van der Waals surface area contributed by atoms with Gasteiger partial charge >= 0.3 is 0 Å². The molecule has 156 valence electrons. The van der Waals surface area contributed by atoms with Gasteiger partial charge in [-0.3, -0.25) is 0 Å². The zero-order valence-corrected chi connectivity index (χ0v) is 19.0. The molecule has 0 amide bonds. The first-order chi connectivity index (χ1) is 15.0. The Morgan fingerprint density at radius 1 is 0.968 bits per heavy atom. The molecule has 0 saturated heterocycles. The topological polar surface area (TPSA) is 38.7 Å². The quantitative estimate of drug-likeness (QED) is 0.349. The van der Waals surface area contributed by atoms with Gasteiger partial charge in [0.05, 0.1) is 12.0 Å². The van der Waals surface area contributed by atoms with Gasteiger partial charge in [-0.1, -0.05) is 47.6 Å². The summed E-state index contributed by atoms with van der Waals surface area (Å²) in [6.45, 7) is 4.13. The van der Waals surface area contributed by atoms with Crippen molar-refractivity contribution in [1.82, 2.24) is 0 Å². The molecule has 5 rings (SSSR count). The van der Waals surface area contributed by atoms with Crippen LogP contribution in [0.2, 0.25) is 5.02 Å². The molecule has 0 aromatic heterocycles. The Hall–Kier alpha value is -2.82. The van der Waals surface area contributed by atoms with Gasteiger partial charge in [-0.15, -0.1) is 0 Å². The van der Waals surface area contributed by atoms with Gasteiger partial charge in [0.1, 0.15) is 17.2 Å². The van der Waals surface area contributed by atoms with E-state index in [-0.39, 0.29) is 11.2 Å². The Morgan fingerprint density at radius 2 is 1.68 bits per heavy atom. The van der Waals surface area contributed by atoms with Crippen LogP contribution < -0.4 is 9.47 Å². The van der Waals surface area contributed by atoms with E-state index in [1.165, 1.54) is 0 Å². The van der Waals surface area contributed by atoms with Gasteiger partial charge in [-0.2, -0.15) is 0 Å². The molecule has 1 aliphatic heterocycles. The van der Waals surface area contributed by atoms with E-state index >= 15 is 0 Å². The smallest absolute Gasteiger partial charge is 0.174 e. The summed E-state index contributed by atoms with van der Waals surface area (Å²) in [7, 11) is 1.65. The number of thioether (sulfide) groups is 1. The summed E-state index contributed by atoms with van der Waals surface area (Å²) >= 11 is 7.89. The van der Waals surface area contributed by atoms with Gasteiger partial charge < -0.3 is 14.6 Å². The fraction of sp³-hybridized carbons (Fsp3) is 0.154. The number of benzene rings is 4. The van der Waals surface area contributed by atoms with Crippen molar-refractivity contribution in [2.24, 2.45) is 0 Å². The van der Waals surface area contributed by atoms with Crippen molar-refractivity contribution in [2.45, 2.75) is 24.2 Å². The van der Waals surface area contributed by atoms with Gasteiger partial charge in [-0.05, 0) is 66.9 Å². The van der Waals surface area contributed by atoms with Gasteiger partial charge in [0, 0.05) is 26.9 Å². The Kier molecular flexibility index (Phi) is 4.99. The van der Waals surface area contributed by atoms with E-state index in [1.54, 1.807) is 18.9 Å². The average molecular weight is 449 g/mol. The predicted molar refractivity (Wildman–Crippen MR) is 128 cm³/mol. The molecule has 4 aromatic carbocycles. The maximum Gasteiger partial charge on any atom is 0.174 e. The van der Waals surface area contributed by atoms with E-state index in [1.807, 2.05) is 54.6 Å². The highest BCUT2D eigenvalue weighted by Gasteiger charge is 2.33. The van der Waals surface area contributed by atoms with Crippen LogP contribution in [0, 0.1) is 13.8 Å². The Bertz CT molecular complexity index is 1320. The Morgan fingerprint density at radius 3 is 2.35 bits per heavy atom. The lowest BCUT2D eigenvalue weighted by Crippen LogP contribution is -1.98. The van der Waals surface area contributed by atoms with Crippen LogP contribution in [-0.2, 0) is 0 Å². The van der Waals surface area contributed by atoms with Crippen molar-refractivity contribution >= 4 is 34.1 Å². The van der Waals surface area contributed by atoms with Gasteiger partial charge in [0.15, 0.2) is 5.44 Å². The second-order valence-electron chi connectivity index (χ2n) is 7.72. The number of fused-ring (bicyclic) bond motifs is 3. The van der Waals surface area contributed by atoms with E-state index in [0.717, 1.165) is 55.0 Å². The summed E-state index contributed by atoms with van der Waals surface area (Å²) in [5, 5.41) is 13.7. The average Bonchev–Trinajstić information content (AvgIpc) is 3.20. The summed E-state index contributed by atoms with van der Waals surface area (Å²) < 4.78 is 11.8. The lowest BCUT2D eigenvalue weighted by Gasteiger charge is -2.15. The number of aromatic hydroxyl groups is 1. The molecule has 1 aliphatic rings. The normalized spacial score (nSPS) is 15.0. The third-order valence-electron chi connectivity index (χ3n) is 5.75. The number of halogens is 1. The molecule has 4 aromatic rings. The van der Waals surface area contributed by atoms with Crippen molar-refractivity contribution in [1.29, 1.82) is 0 Å². The van der Waals surface area contributed by atoms with Crippen LogP contribution in [0.25, 0.3) is 21.9 Å². The molecule has 31 heavy (non-hydrogen) atoms. The lowest BCUT2D eigenvalue weighted by atomic mass is 9.95. The fourth-order valence-electron chi connectivity index (χ4n) is 3.95. The highest BCUT2D eigenvalue weighted by molar-refractivity contribution is 7.99. The second-order valence-corrected chi connectivity index (χ2v) is 9.22. The first kappa shape index (κ1) is 20.1. The fourth-order valence-corrected chi connectivity index (χ4v) is 5.39. The predicted octanol–water partition coefficient (Wildman–Crippen LogP) is 7.67. The van der Waals surface area contributed by atoms with Crippen LogP contribution >= 0.6 is 23.4 Å². The molecular weight excluding hydrogens is 428 g/mol. The van der Waals surface area contributed by atoms with E-state index in [9.17, 15) is 5.11 Å². The van der Waals surface area contributed by atoms with Crippen LogP contribution in [0.15, 0.2) is 65.6 Å². The first-order valence-corrected chi connectivity index (χ1v) is 11.2. The van der Waals surface area contributed by atoms with Crippen LogP contribution in [0.3, 0.4) is 0 Å². The Balaban J connectivity index is 1.74. The molecule has 0 aliphatic carbocycles. The van der Waals surface area contributed by atoms with Crippen LogP contribution in [-0.4, -0.2) is 12.2 Å². The zero-order valence-electron chi connectivity index (χ0n) is 17.4. The maximum absolute atomic E-state index is 11.4. The molecule has 0 fully saturated rings. The number of hydrogen-bond donors (Lipinski definition) is 1. The van der Waals surface area contributed by atoms with E-state index in [2.05, 4.69) is 19.9 Å². The number of phenols is 1. The van der Waals surface area contributed by atoms with Crippen molar-refractivity contribution < 1.29 is 14.6 Å². The second kappa shape index (κ2) is 7.70. The molecule has 1 N–H and O–H groups in total. The summed E-state index contributed by atoms with van der Waals surface area (Å²) in [4.78, 5) is 0.927. The van der Waals surface area contributed by atoms with E-state index in [0.29, 0.717) is 5.02 Å². The number of rotatable bonds is 3. The monoisotopic (exact) mass is 448 g/mol. The summed E-state index contributed by atoms with van der Waals surface area (Å²) in [5.74, 6) is 1.86. The molecule has 0 bridgehead atoms. The molecule has 0 radical (unpaired) electrons. The van der Waals surface area contributed by atoms with Crippen molar-refractivity contribution in [3.05, 3.63) is 82.4 Å². The molecule has 1 atom stereocenters. The lowest BCUT2D eigenvalue weighted by molar-refractivity contribution is 0.305. The number of hydrogen-bond acceptors (Lipinski definition) is 4. The summed E-state index contributed by atoms with van der Waals surface area (Å²) in [6, 6.07) is 19.6. The highest BCUT2D eigenvalue weighted by atomic mass is 35.5. The number of phenolic OH excluding ortho intramolecular Hbond substituents is 1. The van der Waals surface area contributed by atoms with Gasteiger partial charge in [0.25, 0.3) is 0 Å². The standard InChI is InChI=1S/C26H21ClO3S/c1-14-11-20-21(12-15(14)2)24-25(22(23(20)28)17-5-4-6-18(27)13-17)31-26(30-24)16-7-9-19(29-3)10-8-16/h4-13,26,28H,1-3H3. The molecule has 0 saturated carbocycles. The van der Waals surface area contributed by atoms with E-state index < -0.39 is 0 Å². The molecule has 0 spiro atoms. The summed E-state index contributed by atoms with van der Waals surface area (Å²) in [6.07, 6.45) is 0. The maximum atomic E-state index is 11.4. The number of methoxy groups -OCH3 is 1. The van der Waals surface area contributed by atoms with Crippen molar-refractivity contribution in [3.63, 3.8) is 0 Å². The van der Waals surface area contributed by atoms with Crippen molar-refractivity contribution in [2.75, 3.05) is 7.11 Å². The SMILES string of the molecule is COc1ccc(C2Oc3c(c(-c4cccc(Cl)c4)c(O)c4cc(C)c(C)cc34)S2)cc1. The third-order valence-corrected chi connectivity index (χ3v) is 7.20. The van der Waals surface area contributed by atoms with E-state index in [4.69, 9.17) is 21.1 Å². The zero-order chi connectivity index (χ0) is 21.7. The number of aryl methyl sites for hydroxylation is 2. The third kappa shape index (κ3) is 3.40. The van der Waals surface area contributed by atoms with Crippen LogP contribution in [0.1, 0.15) is 22.1 Å². The summed E-state index contributed by atoms with van der Waals surface area (Å²) in [5.41, 5.74) is 4.73. The van der Waals surface area contributed by atoms with Gasteiger partial charge in [0.2, 0.25) is 0 Å². The largest absolute Gasteiger partial charge is 0.507 e. The minimum absolute atomic E-state index is 0.217. The number of ether oxygens (including phenoxy) is 2. The molecular formula is C26H21ClO3S. The van der Waals surface area contributed by atoms with Crippen LogP contribution in [0.5, 0.6) is 17.2 Å². The Labute approximate surface area is 190 Å². The van der Waals surface area contributed by atoms with Gasteiger partial charge in [-0.25, -0.2) is 0 Å². The van der Waals surface area contributed by atoms with Crippen LogP contribution in [0.4, 0.5) is 0 Å². The first-order valence-electron chi connectivity index (χ1n) is 9.99. The molecule has 1 heterocycles. The highest BCUT2D eigenvalue weighted by Crippen LogP contribution is 2.58. The minimum atomic E-state index is -0.217.